The van der Waals surface area contributed by atoms with Crippen LogP contribution in [0.25, 0.3) is 0 Å². The molecule has 1 unspecified atom stereocenters. The zero-order chi connectivity index (χ0) is 15.9. The van der Waals surface area contributed by atoms with Crippen molar-refractivity contribution < 1.29 is 18.0 Å². The summed E-state index contributed by atoms with van der Waals surface area (Å²) in [5.74, 6) is -0.365. The second kappa shape index (κ2) is 5.07. The van der Waals surface area contributed by atoms with Gasteiger partial charge in [0.2, 0.25) is 5.95 Å². The average molecular weight is 315 g/mol. The van der Waals surface area contributed by atoms with Gasteiger partial charge in [0, 0.05) is 6.20 Å². The van der Waals surface area contributed by atoms with Gasteiger partial charge in [-0.3, -0.25) is 14.8 Å². The Morgan fingerprint density at radius 2 is 2.18 bits per heavy atom. The van der Waals surface area contributed by atoms with Crippen molar-refractivity contribution in [1.82, 2.24) is 30.0 Å². The molecular formula is C11H12F3N7O. The lowest BCUT2D eigenvalue weighted by molar-refractivity contribution is -0.141. The van der Waals surface area contributed by atoms with Crippen LogP contribution in [0, 0.1) is 0 Å². The van der Waals surface area contributed by atoms with Gasteiger partial charge in [-0.1, -0.05) is 5.10 Å². The highest BCUT2D eigenvalue weighted by Crippen LogP contribution is 2.35. The molecular weight excluding hydrogens is 303 g/mol. The van der Waals surface area contributed by atoms with Crippen LogP contribution in [0.2, 0.25) is 0 Å². The lowest BCUT2D eigenvalue weighted by atomic mass is 10.3. The Balaban J connectivity index is 1.71. The number of nitrogens with one attached hydrogen (secondary N) is 1. The molecule has 0 aliphatic heterocycles. The summed E-state index contributed by atoms with van der Waals surface area (Å²) in [7, 11) is 0. The normalized spacial score (nSPS) is 16.5. The quantitative estimate of drug-likeness (QED) is 0.921. The highest BCUT2D eigenvalue weighted by Gasteiger charge is 2.34. The number of carbonyl (C=O) groups is 1. The van der Waals surface area contributed by atoms with Crippen LogP contribution in [0.3, 0.4) is 0 Å². The van der Waals surface area contributed by atoms with E-state index in [-0.39, 0.29) is 12.0 Å². The fraction of sp³-hybridized carbons (Fsp3) is 0.545. The standard InChI is InChI=1S/C11H12F3N7O/c1-6(20-5-4-8(17-20)11(12,13)14)9(22)15-10-16-18-19-21(10)7-2-3-7/h4-7H,2-3H2,1H3,(H,15,16,19,22). The van der Waals surface area contributed by atoms with Crippen molar-refractivity contribution >= 4 is 11.9 Å². The van der Waals surface area contributed by atoms with Gasteiger partial charge in [-0.2, -0.15) is 18.3 Å². The molecule has 22 heavy (non-hydrogen) atoms. The van der Waals surface area contributed by atoms with Crippen molar-refractivity contribution in [2.24, 2.45) is 0 Å². The lowest BCUT2D eigenvalue weighted by Gasteiger charge is -2.12. The van der Waals surface area contributed by atoms with Crippen LogP contribution < -0.4 is 5.32 Å². The Hall–Kier alpha value is -2.46. The minimum absolute atomic E-state index is 0.169. The Morgan fingerprint density at radius 1 is 1.45 bits per heavy atom. The number of rotatable bonds is 4. The van der Waals surface area contributed by atoms with Crippen LogP contribution in [0.5, 0.6) is 0 Å². The van der Waals surface area contributed by atoms with Crippen molar-refractivity contribution in [1.29, 1.82) is 0 Å². The third-order valence-corrected chi connectivity index (χ3v) is 3.30. The minimum Gasteiger partial charge on any atom is -0.291 e. The summed E-state index contributed by atoms with van der Waals surface area (Å²) >= 11 is 0. The molecule has 0 aromatic carbocycles. The predicted molar refractivity (Wildman–Crippen MR) is 66.7 cm³/mol. The average Bonchev–Trinajstić information content (AvgIpc) is 2.99. The van der Waals surface area contributed by atoms with Crippen LogP contribution in [0.4, 0.5) is 19.1 Å². The molecule has 3 rings (SSSR count). The van der Waals surface area contributed by atoms with Crippen LogP contribution in [-0.4, -0.2) is 35.9 Å². The number of carbonyl (C=O) groups excluding carboxylic acids is 1. The topological polar surface area (TPSA) is 90.5 Å². The van der Waals surface area contributed by atoms with Crippen LogP contribution in [0.1, 0.15) is 37.5 Å². The first-order chi connectivity index (χ1) is 10.4. The number of tetrazole rings is 1. The number of amides is 1. The maximum Gasteiger partial charge on any atom is 0.435 e. The first-order valence-electron chi connectivity index (χ1n) is 6.57. The van der Waals surface area contributed by atoms with Gasteiger partial charge in [0.05, 0.1) is 6.04 Å². The van der Waals surface area contributed by atoms with Crippen molar-refractivity contribution in [3.8, 4) is 0 Å². The first kappa shape index (κ1) is 14.5. The summed E-state index contributed by atoms with van der Waals surface area (Å²) in [4.78, 5) is 12.1. The molecule has 1 aliphatic carbocycles. The van der Waals surface area contributed by atoms with Crippen LogP contribution >= 0.6 is 0 Å². The molecule has 2 heterocycles. The molecule has 2 aromatic rings. The molecule has 8 nitrogen and oxygen atoms in total. The Morgan fingerprint density at radius 3 is 2.77 bits per heavy atom. The molecule has 11 heteroatoms. The van der Waals surface area contributed by atoms with E-state index in [4.69, 9.17) is 0 Å². The highest BCUT2D eigenvalue weighted by atomic mass is 19.4. The molecule has 1 fully saturated rings. The van der Waals surface area contributed by atoms with E-state index < -0.39 is 23.8 Å². The van der Waals surface area contributed by atoms with Crippen LogP contribution in [-0.2, 0) is 11.0 Å². The van der Waals surface area contributed by atoms with Gasteiger partial charge in [-0.25, -0.2) is 4.68 Å². The van der Waals surface area contributed by atoms with E-state index in [0.29, 0.717) is 0 Å². The molecule has 0 bridgehead atoms. The van der Waals surface area contributed by atoms with Gasteiger partial charge in [-0.15, -0.1) is 0 Å². The molecule has 0 radical (unpaired) electrons. The van der Waals surface area contributed by atoms with Crippen molar-refractivity contribution in [3.05, 3.63) is 18.0 Å². The third-order valence-electron chi connectivity index (χ3n) is 3.30. The van der Waals surface area contributed by atoms with E-state index in [1.807, 2.05) is 0 Å². The number of anilines is 1. The Bertz CT molecular complexity index is 688. The largest absolute Gasteiger partial charge is 0.435 e. The van der Waals surface area contributed by atoms with Gasteiger partial charge in [0.15, 0.2) is 5.69 Å². The zero-order valence-corrected chi connectivity index (χ0v) is 11.4. The van der Waals surface area contributed by atoms with Crippen molar-refractivity contribution in [3.63, 3.8) is 0 Å². The summed E-state index contributed by atoms with van der Waals surface area (Å²) in [5.41, 5.74) is -1.05. The Labute approximate surface area is 122 Å². The summed E-state index contributed by atoms with van der Waals surface area (Å²) in [6, 6.07) is 0.0560. The van der Waals surface area contributed by atoms with Gasteiger partial charge in [-0.05, 0) is 36.3 Å². The number of hydrogen-bond acceptors (Lipinski definition) is 5. The summed E-state index contributed by atoms with van der Waals surface area (Å²) < 4.78 is 40.0. The highest BCUT2D eigenvalue weighted by molar-refractivity contribution is 5.91. The maximum absolute atomic E-state index is 12.5. The van der Waals surface area contributed by atoms with E-state index in [9.17, 15) is 18.0 Å². The van der Waals surface area contributed by atoms with E-state index in [1.165, 1.54) is 11.6 Å². The van der Waals surface area contributed by atoms with Crippen molar-refractivity contribution in [2.45, 2.75) is 38.0 Å². The molecule has 0 saturated heterocycles. The van der Waals surface area contributed by atoms with E-state index in [2.05, 4.69) is 25.9 Å². The molecule has 118 valence electrons. The SMILES string of the molecule is CC(C(=O)Nc1nnnn1C1CC1)n1ccc(C(F)(F)F)n1. The van der Waals surface area contributed by atoms with Crippen LogP contribution in [0.15, 0.2) is 12.3 Å². The predicted octanol–water partition coefficient (Wildman–Crippen LogP) is 1.42. The van der Waals surface area contributed by atoms with Gasteiger partial charge >= 0.3 is 6.18 Å². The summed E-state index contributed by atoms with van der Waals surface area (Å²) in [6.07, 6.45) is -1.58. The molecule has 2 aromatic heterocycles. The summed E-state index contributed by atoms with van der Waals surface area (Å²) in [6.45, 7) is 1.44. The molecule has 1 amide bonds. The second-order valence-corrected chi connectivity index (χ2v) is 5.02. The van der Waals surface area contributed by atoms with Gasteiger partial charge < -0.3 is 0 Å². The minimum atomic E-state index is -4.54. The number of nitrogens with zero attached hydrogens (tertiary/aromatic N) is 6. The van der Waals surface area contributed by atoms with E-state index in [1.54, 1.807) is 0 Å². The van der Waals surface area contributed by atoms with E-state index in [0.717, 1.165) is 29.8 Å². The Kier molecular flexibility index (Phi) is 3.34. The summed E-state index contributed by atoms with van der Waals surface area (Å²) in [5, 5.41) is 16.8. The lowest BCUT2D eigenvalue weighted by Crippen LogP contribution is -2.26. The number of alkyl halides is 3. The third kappa shape index (κ3) is 2.78. The smallest absolute Gasteiger partial charge is 0.291 e. The monoisotopic (exact) mass is 315 g/mol. The number of hydrogen-bond donors (Lipinski definition) is 1. The van der Waals surface area contributed by atoms with Gasteiger partial charge in [0.25, 0.3) is 5.91 Å². The molecule has 1 aliphatic rings. The zero-order valence-electron chi connectivity index (χ0n) is 11.4. The molecule has 1 saturated carbocycles. The second-order valence-electron chi connectivity index (χ2n) is 5.02. The number of aromatic nitrogens is 6. The van der Waals surface area contributed by atoms with E-state index >= 15 is 0 Å². The number of halogens is 3. The van der Waals surface area contributed by atoms with Gasteiger partial charge in [0.1, 0.15) is 6.04 Å². The molecule has 0 spiro atoms. The maximum atomic E-state index is 12.5. The first-order valence-corrected chi connectivity index (χ1v) is 6.57. The van der Waals surface area contributed by atoms with Crippen molar-refractivity contribution in [2.75, 3.05) is 5.32 Å². The fourth-order valence-electron chi connectivity index (χ4n) is 1.88. The molecule has 1 N–H and O–H groups in total. The fourth-order valence-corrected chi connectivity index (χ4v) is 1.88. The molecule has 1 atom stereocenters.